The molecule has 1 fully saturated rings. The Morgan fingerprint density at radius 2 is 2.41 bits per heavy atom. The number of rotatable bonds is 4. The van der Waals surface area contributed by atoms with E-state index in [1.165, 1.54) is 19.3 Å². The van der Waals surface area contributed by atoms with Crippen LogP contribution in [0.3, 0.4) is 0 Å². The fourth-order valence-electron chi connectivity index (χ4n) is 1.85. The summed E-state index contributed by atoms with van der Waals surface area (Å²) in [5, 5.41) is 3.17. The van der Waals surface area contributed by atoms with Crippen molar-refractivity contribution in [2.75, 3.05) is 6.54 Å². The summed E-state index contributed by atoms with van der Waals surface area (Å²) in [7, 11) is 0. The fraction of sp³-hybridized carbons (Fsp3) is 0.538. The molecule has 1 aliphatic rings. The first-order chi connectivity index (χ1) is 8.25. The van der Waals surface area contributed by atoms with Gasteiger partial charge in [-0.25, -0.2) is 4.99 Å². The number of aryl methyl sites for hydroxylation is 1. The van der Waals surface area contributed by atoms with Crippen LogP contribution in [0.4, 0.5) is 0 Å². The van der Waals surface area contributed by atoms with Crippen molar-refractivity contribution < 1.29 is 0 Å². The van der Waals surface area contributed by atoms with E-state index in [-0.39, 0.29) is 0 Å². The van der Waals surface area contributed by atoms with Crippen LogP contribution in [0.25, 0.3) is 0 Å². The SMILES string of the molecule is Cc1cccnc1CN=C(N)NCC1CCC1. The van der Waals surface area contributed by atoms with Crippen LogP contribution in [-0.2, 0) is 6.54 Å². The summed E-state index contributed by atoms with van der Waals surface area (Å²) < 4.78 is 0. The van der Waals surface area contributed by atoms with Crippen molar-refractivity contribution in [2.45, 2.75) is 32.7 Å². The lowest BCUT2D eigenvalue weighted by atomic mass is 9.85. The molecule has 1 heterocycles. The van der Waals surface area contributed by atoms with Gasteiger partial charge in [-0.15, -0.1) is 0 Å². The number of hydrogen-bond donors (Lipinski definition) is 2. The van der Waals surface area contributed by atoms with Crippen LogP contribution in [0.1, 0.15) is 30.5 Å². The van der Waals surface area contributed by atoms with Crippen LogP contribution in [0.5, 0.6) is 0 Å². The Bertz CT molecular complexity index is 396. The topological polar surface area (TPSA) is 63.3 Å². The summed E-state index contributed by atoms with van der Waals surface area (Å²) in [5.41, 5.74) is 7.95. The van der Waals surface area contributed by atoms with E-state index in [4.69, 9.17) is 5.73 Å². The largest absolute Gasteiger partial charge is 0.370 e. The van der Waals surface area contributed by atoms with Gasteiger partial charge in [0.25, 0.3) is 0 Å². The summed E-state index contributed by atoms with van der Waals surface area (Å²) in [6.07, 6.45) is 5.78. The first-order valence-electron chi connectivity index (χ1n) is 6.20. The Morgan fingerprint density at radius 1 is 1.59 bits per heavy atom. The predicted molar refractivity (Wildman–Crippen MR) is 69.6 cm³/mol. The Labute approximate surface area is 102 Å². The summed E-state index contributed by atoms with van der Waals surface area (Å²) >= 11 is 0. The number of nitrogens with zero attached hydrogens (tertiary/aromatic N) is 2. The average molecular weight is 232 g/mol. The maximum atomic E-state index is 5.81. The van der Waals surface area contributed by atoms with Crippen LogP contribution < -0.4 is 11.1 Å². The van der Waals surface area contributed by atoms with Gasteiger partial charge in [-0.3, -0.25) is 4.98 Å². The van der Waals surface area contributed by atoms with Gasteiger partial charge < -0.3 is 11.1 Å². The molecule has 17 heavy (non-hydrogen) atoms. The zero-order valence-corrected chi connectivity index (χ0v) is 10.3. The maximum absolute atomic E-state index is 5.81. The lowest BCUT2D eigenvalue weighted by molar-refractivity contribution is 0.315. The second-order valence-corrected chi connectivity index (χ2v) is 4.65. The highest BCUT2D eigenvalue weighted by atomic mass is 15.1. The number of aliphatic imine (C=N–C) groups is 1. The number of hydrogen-bond acceptors (Lipinski definition) is 2. The number of nitrogens with two attached hydrogens (primary N) is 1. The van der Waals surface area contributed by atoms with Crippen LogP contribution in [0, 0.1) is 12.8 Å². The molecule has 0 bridgehead atoms. The van der Waals surface area contributed by atoms with E-state index >= 15 is 0 Å². The molecule has 1 aromatic rings. The highest BCUT2D eigenvalue weighted by molar-refractivity contribution is 5.77. The maximum Gasteiger partial charge on any atom is 0.188 e. The Kier molecular flexibility index (Phi) is 3.96. The third-order valence-corrected chi connectivity index (χ3v) is 3.31. The third-order valence-electron chi connectivity index (χ3n) is 3.31. The number of nitrogens with one attached hydrogen (secondary N) is 1. The van der Waals surface area contributed by atoms with Crippen molar-refractivity contribution in [3.05, 3.63) is 29.6 Å². The van der Waals surface area contributed by atoms with Gasteiger partial charge in [-0.2, -0.15) is 0 Å². The quantitative estimate of drug-likeness (QED) is 0.612. The first kappa shape index (κ1) is 11.9. The summed E-state index contributed by atoms with van der Waals surface area (Å²) in [6, 6.07) is 3.97. The van der Waals surface area contributed by atoms with E-state index in [0.29, 0.717) is 12.5 Å². The lowest BCUT2D eigenvalue weighted by Gasteiger charge is -2.25. The van der Waals surface area contributed by atoms with Gasteiger partial charge in [0.2, 0.25) is 0 Å². The highest BCUT2D eigenvalue weighted by Crippen LogP contribution is 2.24. The second kappa shape index (κ2) is 5.66. The fourth-order valence-corrected chi connectivity index (χ4v) is 1.85. The molecule has 1 saturated carbocycles. The van der Waals surface area contributed by atoms with Gasteiger partial charge in [-0.1, -0.05) is 12.5 Å². The standard InChI is InChI=1S/C13H20N4/c1-10-4-3-7-15-12(10)9-17-13(14)16-8-11-5-2-6-11/h3-4,7,11H,2,5-6,8-9H2,1H3,(H3,14,16,17). The van der Waals surface area contributed by atoms with Gasteiger partial charge >= 0.3 is 0 Å². The van der Waals surface area contributed by atoms with Crippen LogP contribution in [0.2, 0.25) is 0 Å². The number of pyridine rings is 1. The molecule has 1 aromatic heterocycles. The first-order valence-corrected chi connectivity index (χ1v) is 6.20. The Morgan fingerprint density at radius 3 is 3.06 bits per heavy atom. The van der Waals surface area contributed by atoms with Crippen molar-refractivity contribution >= 4 is 5.96 Å². The Hall–Kier alpha value is -1.58. The zero-order valence-electron chi connectivity index (χ0n) is 10.3. The van der Waals surface area contributed by atoms with Gasteiger partial charge in [0, 0.05) is 12.7 Å². The summed E-state index contributed by atoms with van der Waals surface area (Å²) in [6.45, 7) is 3.54. The van der Waals surface area contributed by atoms with Gasteiger partial charge in [0.1, 0.15) is 0 Å². The molecule has 0 unspecified atom stereocenters. The van der Waals surface area contributed by atoms with E-state index < -0.39 is 0 Å². The smallest absolute Gasteiger partial charge is 0.188 e. The highest BCUT2D eigenvalue weighted by Gasteiger charge is 2.16. The lowest BCUT2D eigenvalue weighted by Crippen LogP contribution is -2.37. The van der Waals surface area contributed by atoms with Gasteiger partial charge in [0.05, 0.1) is 12.2 Å². The number of aromatic nitrogens is 1. The van der Waals surface area contributed by atoms with Crippen molar-refractivity contribution in [2.24, 2.45) is 16.6 Å². The van der Waals surface area contributed by atoms with Crippen molar-refractivity contribution in [3.63, 3.8) is 0 Å². The molecule has 0 amide bonds. The molecule has 4 heteroatoms. The predicted octanol–water partition coefficient (Wildman–Crippen LogP) is 1.59. The molecule has 0 saturated heterocycles. The summed E-state index contributed by atoms with van der Waals surface area (Å²) in [4.78, 5) is 8.59. The minimum Gasteiger partial charge on any atom is -0.370 e. The molecule has 0 spiro atoms. The summed E-state index contributed by atoms with van der Waals surface area (Å²) in [5.74, 6) is 1.32. The molecular formula is C13H20N4. The van der Waals surface area contributed by atoms with Crippen LogP contribution in [-0.4, -0.2) is 17.5 Å². The molecule has 1 aliphatic carbocycles. The van der Waals surface area contributed by atoms with Crippen molar-refractivity contribution in [3.8, 4) is 0 Å². The minimum absolute atomic E-state index is 0.530. The van der Waals surface area contributed by atoms with E-state index in [9.17, 15) is 0 Å². The van der Waals surface area contributed by atoms with Gasteiger partial charge in [0.15, 0.2) is 5.96 Å². The zero-order chi connectivity index (χ0) is 12.1. The molecule has 92 valence electrons. The van der Waals surface area contributed by atoms with Gasteiger partial charge in [-0.05, 0) is 37.3 Å². The van der Waals surface area contributed by atoms with E-state index in [2.05, 4.69) is 15.3 Å². The van der Waals surface area contributed by atoms with Crippen LogP contribution in [0.15, 0.2) is 23.3 Å². The monoisotopic (exact) mass is 232 g/mol. The van der Waals surface area contributed by atoms with E-state index in [0.717, 1.165) is 23.7 Å². The molecule has 3 N–H and O–H groups in total. The second-order valence-electron chi connectivity index (χ2n) is 4.65. The van der Waals surface area contributed by atoms with E-state index in [1.807, 2.05) is 19.1 Å². The van der Waals surface area contributed by atoms with Crippen molar-refractivity contribution in [1.82, 2.24) is 10.3 Å². The normalized spacial score (nSPS) is 16.6. The minimum atomic E-state index is 0.530. The molecule has 2 rings (SSSR count). The average Bonchev–Trinajstić information content (AvgIpc) is 2.26. The molecular weight excluding hydrogens is 212 g/mol. The Balaban J connectivity index is 1.80. The third kappa shape index (κ3) is 3.44. The molecule has 0 atom stereocenters. The van der Waals surface area contributed by atoms with E-state index in [1.54, 1.807) is 6.20 Å². The van der Waals surface area contributed by atoms with Crippen molar-refractivity contribution in [1.29, 1.82) is 0 Å². The molecule has 4 nitrogen and oxygen atoms in total. The molecule has 0 radical (unpaired) electrons. The molecule has 0 aromatic carbocycles. The van der Waals surface area contributed by atoms with Crippen LogP contribution >= 0.6 is 0 Å². The molecule has 0 aliphatic heterocycles. The number of guanidine groups is 1.